The van der Waals surface area contributed by atoms with Crippen molar-refractivity contribution >= 4 is 41.2 Å². The lowest BCUT2D eigenvalue weighted by Gasteiger charge is -2.19. The Bertz CT molecular complexity index is 910. The van der Waals surface area contributed by atoms with Gasteiger partial charge in [0, 0.05) is 11.4 Å². The molecule has 0 aliphatic heterocycles. The van der Waals surface area contributed by atoms with E-state index in [9.17, 15) is 4.79 Å². The Morgan fingerprint density at radius 2 is 2.33 bits per heavy atom. The topological polar surface area (TPSA) is 98.8 Å². The highest BCUT2D eigenvalue weighted by Gasteiger charge is 2.16. The number of H-pyrrole nitrogens is 1. The van der Waals surface area contributed by atoms with E-state index in [0.29, 0.717) is 29.8 Å². The predicted molar refractivity (Wildman–Crippen MR) is 105 cm³/mol. The minimum atomic E-state index is -0.0906. The number of rotatable bonds is 9. The number of nitrogens with zero attached hydrogens (tertiary/aromatic N) is 4. The minimum absolute atomic E-state index is 0.0906. The second-order valence-corrected chi connectivity index (χ2v) is 7.37. The second kappa shape index (κ2) is 9.75. The molecular formula is C18H17N5O2S2. The SMILES string of the molecule is N#CCCN(Cc1ccco1)C(=O)CSc1n[nH]c(/C=C/c2cccs2)n1. The van der Waals surface area contributed by atoms with E-state index in [2.05, 4.69) is 21.3 Å². The number of carbonyl (C=O) groups excluding carboxylic acids is 1. The maximum Gasteiger partial charge on any atom is 0.233 e. The molecule has 0 unspecified atom stereocenters. The third-order valence-electron chi connectivity index (χ3n) is 3.53. The normalized spacial score (nSPS) is 10.9. The largest absolute Gasteiger partial charge is 0.467 e. The Labute approximate surface area is 164 Å². The van der Waals surface area contributed by atoms with Gasteiger partial charge >= 0.3 is 0 Å². The van der Waals surface area contributed by atoms with Crippen LogP contribution in [0.3, 0.4) is 0 Å². The quantitative estimate of drug-likeness (QED) is 0.551. The van der Waals surface area contributed by atoms with Crippen LogP contribution in [0.15, 0.2) is 45.5 Å². The van der Waals surface area contributed by atoms with Gasteiger partial charge in [-0.3, -0.25) is 9.89 Å². The van der Waals surface area contributed by atoms with Crippen molar-refractivity contribution in [2.45, 2.75) is 18.1 Å². The lowest BCUT2D eigenvalue weighted by Crippen LogP contribution is -2.32. The number of aromatic nitrogens is 3. The van der Waals surface area contributed by atoms with Crippen LogP contribution in [-0.2, 0) is 11.3 Å². The number of hydrogen-bond donors (Lipinski definition) is 1. The first-order valence-electron chi connectivity index (χ1n) is 8.18. The molecule has 0 aliphatic rings. The van der Waals surface area contributed by atoms with E-state index in [0.717, 1.165) is 4.88 Å². The fourth-order valence-electron chi connectivity index (χ4n) is 2.23. The van der Waals surface area contributed by atoms with Crippen molar-refractivity contribution in [2.24, 2.45) is 0 Å². The highest BCUT2D eigenvalue weighted by Crippen LogP contribution is 2.16. The van der Waals surface area contributed by atoms with E-state index >= 15 is 0 Å². The molecule has 0 saturated carbocycles. The highest BCUT2D eigenvalue weighted by atomic mass is 32.2. The predicted octanol–water partition coefficient (Wildman–Crippen LogP) is 3.66. The lowest BCUT2D eigenvalue weighted by atomic mass is 10.3. The molecule has 1 amide bonds. The van der Waals surface area contributed by atoms with Gasteiger partial charge in [0.1, 0.15) is 11.6 Å². The molecule has 138 valence electrons. The summed E-state index contributed by atoms with van der Waals surface area (Å²) in [5.74, 6) is 1.42. The van der Waals surface area contributed by atoms with Crippen molar-refractivity contribution in [3.8, 4) is 6.07 Å². The van der Waals surface area contributed by atoms with Crippen LogP contribution in [-0.4, -0.2) is 38.3 Å². The first-order valence-corrected chi connectivity index (χ1v) is 10.0. The van der Waals surface area contributed by atoms with Gasteiger partial charge in [-0.05, 0) is 35.7 Å². The zero-order valence-electron chi connectivity index (χ0n) is 14.4. The van der Waals surface area contributed by atoms with Crippen LogP contribution in [0.4, 0.5) is 0 Å². The highest BCUT2D eigenvalue weighted by molar-refractivity contribution is 7.99. The first kappa shape index (κ1) is 18.9. The third-order valence-corrected chi connectivity index (χ3v) is 5.20. The van der Waals surface area contributed by atoms with Gasteiger partial charge in [-0.15, -0.1) is 16.4 Å². The van der Waals surface area contributed by atoms with Crippen molar-refractivity contribution in [3.63, 3.8) is 0 Å². The number of thioether (sulfide) groups is 1. The molecule has 0 fully saturated rings. The van der Waals surface area contributed by atoms with Crippen LogP contribution in [0.1, 0.15) is 22.9 Å². The van der Waals surface area contributed by atoms with Crippen LogP contribution in [0.25, 0.3) is 12.2 Å². The van der Waals surface area contributed by atoms with Crippen LogP contribution in [0.5, 0.6) is 0 Å². The molecular weight excluding hydrogens is 382 g/mol. The molecule has 0 atom stereocenters. The Morgan fingerprint density at radius 3 is 3.07 bits per heavy atom. The Hall–Kier alpha value is -2.83. The molecule has 0 spiro atoms. The Balaban J connectivity index is 1.54. The van der Waals surface area contributed by atoms with E-state index in [-0.39, 0.29) is 18.1 Å². The summed E-state index contributed by atoms with van der Waals surface area (Å²) in [4.78, 5) is 19.6. The summed E-state index contributed by atoms with van der Waals surface area (Å²) in [7, 11) is 0. The zero-order valence-corrected chi connectivity index (χ0v) is 16.0. The summed E-state index contributed by atoms with van der Waals surface area (Å²) in [6, 6.07) is 9.65. The monoisotopic (exact) mass is 399 g/mol. The van der Waals surface area contributed by atoms with Gasteiger partial charge in [0.15, 0.2) is 0 Å². The molecule has 27 heavy (non-hydrogen) atoms. The number of thiophene rings is 1. The standard InChI is InChI=1S/C18H17N5O2S2/c19-8-3-9-23(12-14-4-1-10-25-14)17(24)13-27-18-20-16(21-22-18)7-6-15-5-2-11-26-15/h1-2,4-7,10-11H,3,9,12-13H2,(H,20,21,22)/b7-6+. The first-order chi connectivity index (χ1) is 13.2. The van der Waals surface area contributed by atoms with Crippen molar-refractivity contribution in [2.75, 3.05) is 12.3 Å². The number of aromatic amines is 1. The van der Waals surface area contributed by atoms with Crippen LogP contribution < -0.4 is 0 Å². The fraction of sp³-hybridized carbons (Fsp3) is 0.222. The van der Waals surface area contributed by atoms with Gasteiger partial charge in [0.25, 0.3) is 0 Å². The van der Waals surface area contributed by atoms with Gasteiger partial charge in [0.05, 0.1) is 31.1 Å². The van der Waals surface area contributed by atoms with Crippen molar-refractivity contribution < 1.29 is 9.21 Å². The summed E-state index contributed by atoms with van der Waals surface area (Å²) in [6.45, 7) is 0.705. The van der Waals surface area contributed by atoms with E-state index in [4.69, 9.17) is 9.68 Å². The Morgan fingerprint density at radius 1 is 1.41 bits per heavy atom. The Kier molecular flexibility index (Phi) is 6.84. The smallest absolute Gasteiger partial charge is 0.233 e. The van der Waals surface area contributed by atoms with E-state index < -0.39 is 0 Å². The van der Waals surface area contributed by atoms with E-state index in [1.807, 2.05) is 29.7 Å². The van der Waals surface area contributed by atoms with Gasteiger partial charge in [-0.1, -0.05) is 17.8 Å². The molecule has 3 aromatic rings. The average molecular weight is 400 g/mol. The summed E-state index contributed by atoms with van der Waals surface area (Å²) in [5, 5.41) is 18.3. The molecule has 3 aromatic heterocycles. The summed E-state index contributed by atoms with van der Waals surface area (Å²) in [5.41, 5.74) is 0. The molecule has 0 radical (unpaired) electrons. The van der Waals surface area contributed by atoms with E-state index in [1.54, 1.807) is 34.6 Å². The van der Waals surface area contributed by atoms with E-state index in [1.165, 1.54) is 11.8 Å². The summed E-state index contributed by atoms with van der Waals surface area (Å²) >= 11 is 2.90. The van der Waals surface area contributed by atoms with Crippen LogP contribution in [0, 0.1) is 11.3 Å². The minimum Gasteiger partial charge on any atom is -0.467 e. The third kappa shape index (κ3) is 5.84. The molecule has 0 aromatic carbocycles. The summed E-state index contributed by atoms with van der Waals surface area (Å²) in [6.07, 6.45) is 5.64. The number of furan rings is 1. The second-order valence-electron chi connectivity index (χ2n) is 5.44. The number of amides is 1. The molecule has 1 N–H and O–H groups in total. The van der Waals surface area contributed by atoms with Gasteiger partial charge in [0.2, 0.25) is 11.1 Å². The molecule has 9 heteroatoms. The van der Waals surface area contributed by atoms with Crippen molar-refractivity contribution in [1.82, 2.24) is 20.1 Å². The molecule has 3 heterocycles. The average Bonchev–Trinajstić information content (AvgIpc) is 3.44. The maximum absolute atomic E-state index is 12.5. The molecule has 0 saturated heterocycles. The number of nitriles is 1. The molecule has 7 nitrogen and oxygen atoms in total. The molecule has 0 aliphatic carbocycles. The maximum atomic E-state index is 12.5. The van der Waals surface area contributed by atoms with Gasteiger partial charge in [-0.25, -0.2) is 4.98 Å². The van der Waals surface area contributed by atoms with Crippen molar-refractivity contribution in [1.29, 1.82) is 5.26 Å². The zero-order chi connectivity index (χ0) is 18.9. The van der Waals surface area contributed by atoms with Gasteiger partial charge in [-0.2, -0.15) is 5.26 Å². The van der Waals surface area contributed by atoms with Crippen molar-refractivity contribution in [3.05, 3.63) is 52.4 Å². The number of carbonyl (C=O) groups is 1. The molecule has 0 bridgehead atoms. The van der Waals surface area contributed by atoms with Crippen LogP contribution in [0.2, 0.25) is 0 Å². The summed E-state index contributed by atoms with van der Waals surface area (Å²) < 4.78 is 5.30. The lowest BCUT2D eigenvalue weighted by molar-refractivity contribution is -0.129. The fourth-order valence-corrected chi connectivity index (χ4v) is 3.56. The number of hydrogen-bond acceptors (Lipinski definition) is 7. The molecule has 3 rings (SSSR count). The number of nitrogens with one attached hydrogen (secondary N) is 1. The van der Waals surface area contributed by atoms with Crippen LogP contribution >= 0.6 is 23.1 Å². The van der Waals surface area contributed by atoms with Gasteiger partial charge < -0.3 is 9.32 Å².